The molecule has 0 radical (unpaired) electrons. The number of anilines is 1. The van der Waals surface area contributed by atoms with Crippen molar-refractivity contribution in [2.45, 2.75) is 25.7 Å². The third kappa shape index (κ3) is 4.33. The SMILES string of the molecule is COC(=O)c1c(NC(=O)/C(C#N)=C/c2cccc([N+](=O)[O-])c2)sc2c1CCCC2. The zero-order valence-corrected chi connectivity index (χ0v) is 16.4. The third-order valence-electron chi connectivity index (χ3n) is 4.54. The lowest BCUT2D eigenvalue weighted by atomic mass is 9.95. The number of benzene rings is 1. The van der Waals surface area contributed by atoms with Gasteiger partial charge in [0.25, 0.3) is 11.6 Å². The highest BCUT2D eigenvalue weighted by Crippen LogP contribution is 2.38. The normalized spacial score (nSPS) is 13.2. The summed E-state index contributed by atoms with van der Waals surface area (Å²) in [5.41, 5.74) is 1.21. The Morgan fingerprint density at radius 3 is 2.79 bits per heavy atom. The van der Waals surface area contributed by atoms with E-state index in [1.54, 1.807) is 6.07 Å². The quantitative estimate of drug-likeness (QED) is 0.262. The average Bonchev–Trinajstić information content (AvgIpc) is 3.09. The van der Waals surface area contributed by atoms with Crippen molar-refractivity contribution in [2.75, 3.05) is 12.4 Å². The highest BCUT2D eigenvalue weighted by atomic mass is 32.1. The number of nitrogens with zero attached hydrogens (tertiary/aromatic N) is 2. The lowest BCUT2D eigenvalue weighted by Gasteiger charge is -2.11. The number of aryl methyl sites for hydroxylation is 1. The first-order valence-electron chi connectivity index (χ1n) is 8.85. The number of esters is 1. The molecule has 29 heavy (non-hydrogen) atoms. The van der Waals surface area contributed by atoms with E-state index in [4.69, 9.17) is 4.74 Å². The van der Waals surface area contributed by atoms with Gasteiger partial charge < -0.3 is 10.1 Å². The molecule has 9 heteroatoms. The van der Waals surface area contributed by atoms with Crippen molar-refractivity contribution in [3.05, 3.63) is 61.5 Å². The predicted molar refractivity (Wildman–Crippen MR) is 108 cm³/mol. The van der Waals surface area contributed by atoms with Crippen molar-refractivity contribution >= 4 is 40.0 Å². The molecular formula is C20H17N3O5S. The van der Waals surface area contributed by atoms with E-state index in [2.05, 4.69) is 5.32 Å². The number of amides is 1. The molecule has 0 saturated carbocycles. The lowest BCUT2D eigenvalue weighted by Crippen LogP contribution is -2.16. The van der Waals surface area contributed by atoms with Crippen molar-refractivity contribution < 1.29 is 19.2 Å². The standard InChI is InChI=1S/C20H17N3O5S/c1-28-20(25)17-15-7-2-3-8-16(15)29-19(17)22-18(24)13(11-21)9-12-5-4-6-14(10-12)23(26)27/h4-6,9-10H,2-3,7-8H2,1H3,(H,22,24)/b13-9+. The number of methoxy groups -OCH3 is 1. The van der Waals surface area contributed by atoms with Crippen LogP contribution in [-0.2, 0) is 22.4 Å². The lowest BCUT2D eigenvalue weighted by molar-refractivity contribution is -0.384. The van der Waals surface area contributed by atoms with Gasteiger partial charge in [0, 0.05) is 17.0 Å². The Kier molecular flexibility index (Phi) is 6.04. The second kappa shape index (κ2) is 8.67. The highest BCUT2D eigenvalue weighted by molar-refractivity contribution is 7.17. The maximum absolute atomic E-state index is 12.7. The number of ether oxygens (including phenoxy) is 1. The minimum Gasteiger partial charge on any atom is -0.465 e. The van der Waals surface area contributed by atoms with Gasteiger partial charge in [0.05, 0.1) is 17.6 Å². The minimum atomic E-state index is -0.692. The molecule has 1 amide bonds. The zero-order valence-electron chi connectivity index (χ0n) is 15.6. The van der Waals surface area contributed by atoms with Crippen LogP contribution >= 0.6 is 11.3 Å². The van der Waals surface area contributed by atoms with Crippen LogP contribution in [0.5, 0.6) is 0 Å². The van der Waals surface area contributed by atoms with Gasteiger partial charge in [-0.1, -0.05) is 12.1 Å². The fourth-order valence-corrected chi connectivity index (χ4v) is 4.46. The first-order chi connectivity index (χ1) is 13.9. The molecule has 1 N–H and O–H groups in total. The molecule has 148 valence electrons. The summed E-state index contributed by atoms with van der Waals surface area (Å²) >= 11 is 1.32. The molecule has 0 atom stereocenters. The number of hydrogen-bond acceptors (Lipinski definition) is 7. The second-order valence-electron chi connectivity index (χ2n) is 6.38. The van der Waals surface area contributed by atoms with Crippen molar-refractivity contribution in [2.24, 2.45) is 0 Å². The van der Waals surface area contributed by atoms with E-state index < -0.39 is 16.8 Å². The van der Waals surface area contributed by atoms with Crippen LogP contribution in [0.2, 0.25) is 0 Å². The van der Waals surface area contributed by atoms with E-state index in [1.807, 2.05) is 6.07 Å². The molecule has 0 spiro atoms. The number of carbonyl (C=O) groups excluding carboxylic acids is 2. The molecule has 2 aromatic rings. The largest absolute Gasteiger partial charge is 0.465 e. The molecule has 0 bridgehead atoms. The molecule has 1 aromatic carbocycles. The average molecular weight is 411 g/mol. The van der Waals surface area contributed by atoms with Gasteiger partial charge in [-0.25, -0.2) is 4.79 Å². The van der Waals surface area contributed by atoms with Crippen LogP contribution in [0, 0.1) is 21.4 Å². The Bertz CT molecular complexity index is 1060. The number of fused-ring (bicyclic) bond motifs is 1. The number of thiophene rings is 1. The second-order valence-corrected chi connectivity index (χ2v) is 7.49. The Hall–Kier alpha value is -3.51. The zero-order chi connectivity index (χ0) is 21.0. The van der Waals surface area contributed by atoms with Crippen LogP contribution in [-0.4, -0.2) is 23.9 Å². The van der Waals surface area contributed by atoms with Crippen LogP contribution in [0.3, 0.4) is 0 Å². The molecule has 0 aliphatic heterocycles. The smallest absolute Gasteiger partial charge is 0.341 e. The van der Waals surface area contributed by atoms with Crippen molar-refractivity contribution in [1.29, 1.82) is 5.26 Å². The van der Waals surface area contributed by atoms with Gasteiger partial charge in [-0.2, -0.15) is 5.26 Å². The van der Waals surface area contributed by atoms with Gasteiger partial charge in [-0.05, 0) is 42.9 Å². The molecule has 1 heterocycles. The van der Waals surface area contributed by atoms with E-state index >= 15 is 0 Å². The van der Waals surface area contributed by atoms with Crippen molar-refractivity contribution in [3.8, 4) is 6.07 Å². The molecule has 1 aliphatic carbocycles. The number of non-ortho nitro benzene ring substituents is 1. The molecule has 8 nitrogen and oxygen atoms in total. The number of rotatable bonds is 5. The summed E-state index contributed by atoms with van der Waals surface area (Å²) in [4.78, 5) is 36.3. The van der Waals surface area contributed by atoms with Crippen LogP contribution < -0.4 is 5.32 Å². The van der Waals surface area contributed by atoms with Crippen LogP contribution in [0.15, 0.2) is 29.8 Å². The fourth-order valence-electron chi connectivity index (χ4n) is 3.19. The van der Waals surface area contributed by atoms with E-state index in [9.17, 15) is 25.0 Å². The van der Waals surface area contributed by atoms with Gasteiger partial charge in [0.15, 0.2) is 0 Å². The number of nitrogens with one attached hydrogen (secondary N) is 1. The van der Waals surface area contributed by atoms with E-state index in [0.29, 0.717) is 16.1 Å². The highest BCUT2D eigenvalue weighted by Gasteiger charge is 2.27. The van der Waals surface area contributed by atoms with E-state index in [-0.39, 0.29) is 11.3 Å². The molecule has 3 rings (SSSR count). The maximum atomic E-state index is 12.7. The molecule has 0 unspecified atom stereocenters. The summed E-state index contributed by atoms with van der Waals surface area (Å²) in [6, 6.07) is 7.43. The van der Waals surface area contributed by atoms with Crippen LogP contribution in [0.25, 0.3) is 6.08 Å². The fraction of sp³-hybridized carbons (Fsp3) is 0.250. The Morgan fingerprint density at radius 1 is 1.34 bits per heavy atom. The van der Waals surface area contributed by atoms with E-state index in [1.165, 1.54) is 42.7 Å². The Labute approximate surface area is 170 Å². The molecule has 0 saturated heterocycles. The predicted octanol–water partition coefficient (Wildman–Crippen LogP) is 3.87. The summed E-state index contributed by atoms with van der Waals surface area (Å²) in [7, 11) is 1.28. The number of nitro benzene ring substituents is 1. The van der Waals surface area contributed by atoms with Crippen LogP contribution in [0.1, 0.15) is 39.2 Å². The van der Waals surface area contributed by atoms with Gasteiger partial charge in [-0.15, -0.1) is 11.3 Å². The number of nitro groups is 1. The first kappa shape index (κ1) is 20.2. The topological polar surface area (TPSA) is 122 Å². The van der Waals surface area contributed by atoms with Gasteiger partial charge >= 0.3 is 5.97 Å². The summed E-state index contributed by atoms with van der Waals surface area (Å²) in [5.74, 6) is -1.22. The summed E-state index contributed by atoms with van der Waals surface area (Å²) in [6.45, 7) is 0. The first-order valence-corrected chi connectivity index (χ1v) is 9.66. The van der Waals surface area contributed by atoms with Gasteiger partial charge in [-0.3, -0.25) is 14.9 Å². The summed E-state index contributed by atoms with van der Waals surface area (Å²) in [6.07, 6.45) is 4.80. The summed E-state index contributed by atoms with van der Waals surface area (Å²) in [5, 5.41) is 23.3. The van der Waals surface area contributed by atoms with Crippen LogP contribution in [0.4, 0.5) is 10.7 Å². The molecule has 1 aromatic heterocycles. The van der Waals surface area contributed by atoms with Gasteiger partial charge in [0.2, 0.25) is 0 Å². The third-order valence-corrected chi connectivity index (χ3v) is 5.75. The van der Waals surface area contributed by atoms with Crippen molar-refractivity contribution in [1.82, 2.24) is 0 Å². The minimum absolute atomic E-state index is 0.143. The van der Waals surface area contributed by atoms with Gasteiger partial charge in [0.1, 0.15) is 16.6 Å². The molecular weight excluding hydrogens is 394 g/mol. The molecule has 1 aliphatic rings. The van der Waals surface area contributed by atoms with Crippen molar-refractivity contribution in [3.63, 3.8) is 0 Å². The Morgan fingerprint density at radius 2 is 2.10 bits per heavy atom. The summed E-state index contributed by atoms with van der Waals surface area (Å²) < 4.78 is 4.87. The monoisotopic (exact) mass is 411 g/mol. The van der Waals surface area contributed by atoms with E-state index in [0.717, 1.165) is 36.1 Å². The molecule has 0 fully saturated rings. The maximum Gasteiger partial charge on any atom is 0.341 e. The number of carbonyl (C=O) groups is 2. The Balaban J connectivity index is 1.92. The number of hydrogen-bond donors (Lipinski definition) is 1. The number of nitriles is 1.